The summed E-state index contributed by atoms with van der Waals surface area (Å²) in [5.74, 6) is -0.572. The Balaban J connectivity index is 1.84. The Labute approximate surface area is 210 Å². The molecule has 2 heterocycles. The fourth-order valence-electron chi connectivity index (χ4n) is 4.17. The van der Waals surface area contributed by atoms with Crippen LogP contribution in [0, 0.1) is 12.8 Å². The number of aryl methyl sites for hydroxylation is 1. The highest BCUT2D eigenvalue weighted by Gasteiger charge is 2.40. The van der Waals surface area contributed by atoms with Gasteiger partial charge < -0.3 is 14.8 Å². The maximum Gasteiger partial charge on any atom is 0.341 e. The molecule has 2 aromatic carbocycles. The Kier molecular flexibility index (Phi) is 7.44. The second kappa shape index (κ2) is 10.9. The third kappa shape index (κ3) is 5.12. The van der Waals surface area contributed by atoms with Gasteiger partial charge in [0.25, 0.3) is 0 Å². The first kappa shape index (κ1) is 24.7. The lowest BCUT2D eigenvalue weighted by Gasteiger charge is -2.29. The van der Waals surface area contributed by atoms with Crippen molar-refractivity contribution in [3.63, 3.8) is 0 Å². The number of carbonyl (C=O) groups is 2. The van der Waals surface area contributed by atoms with Crippen LogP contribution in [-0.4, -0.2) is 40.7 Å². The Hall–Kier alpha value is -4.46. The van der Waals surface area contributed by atoms with Gasteiger partial charge in [-0.15, -0.1) is 0 Å². The molecule has 1 aliphatic rings. The monoisotopic (exact) mass is 484 g/mol. The van der Waals surface area contributed by atoms with Crippen LogP contribution in [-0.2, 0) is 9.53 Å². The lowest BCUT2D eigenvalue weighted by molar-refractivity contribution is -0.145. The largest absolute Gasteiger partial charge is 0.489 e. The molecule has 2 atom stereocenters. The minimum atomic E-state index is -0.814. The van der Waals surface area contributed by atoms with Crippen LogP contribution in [0.1, 0.15) is 24.1 Å². The fourth-order valence-corrected chi connectivity index (χ4v) is 4.17. The highest BCUT2D eigenvalue weighted by molar-refractivity contribution is 6.08. The van der Waals surface area contributed by atoms with Crippen LogP contribution < -0.4 is 10.1 Å². The number of esters is 1. The van der Waals surface area contributed by atoms with Crippen LogP contribution in [0.4, 0.5) is 4.79 Å². The van der Waals surface area contributed by atoms with Gasteiger partial charge in [0.2, 0.25) is 0 Å². The maximum atomic E-state index is 13.0. The van der Waals surface area contributed by atoms with Crippen molar-refractivity contribution in [2.45, 2.75) is 19.9 Å². The van der Waals surface area contributed by atoms with Crippen molar-refractivity contribution in [3.8, 4) is 22.7 Å². The summed E-state index contributed by atoms with van der Waals surface area (Å²) < 4.78 is 12.8. The molecule has 2 amide bonds. The summed E-state index contributed by atoms with van der Waals surface area (Å²) in [5, 5.41) is 7.72. The molecule has 0 bridgehead atoms. The standard InChI is InChI=1S/C28H28N4O4/c1-5-14-35-23-13-12-20(16-18(23)3)25-22(17-32(31-25)21-10-8-7-9-11-21)26-24(27(33)36-15-6-2)19(4)29-28(34)30-26/h5-13,16-17,24,26H,1-2,14-15H2,3-4H3,(H,30,34). The summed E-state index contributed by atoms with van der Waals surface area (Å²) >= 11 is 0. The van der Waals surface area contributed by atoms with Gasteiger partial charge in [0, 0.05) is 23.0 Å². The predicted octanol–water partition coefficient (Wildman–Crippen LogP) is 4.98. The molecule has 36 heavy (non-hydrogen) atoms. The normalized spacial score (nSPS) is 17.1. The number of benzene rings is 2. The van der Waals surface area contributed by atoms with E-state index in [9.17, 15) is 9.59 Å². The molecule has 4 rings (SSSR count). The van der Waals surface area contributed by atoms with Crippen LogP contribution >= 0.6 is 0 Å². The van der Waals surface area contributed by atoms with Crippen molar-refractivity contribution in [1.29, 1.82) is 0 Å². The molecule has 1 aromatic heterocycles. The predicted molar refractivity (Wildman–Crippen MR) is 138 cm³/mol. The summed E-state index contributed by atoms with van der Waals surface area (Å²) in [6, 6.07) is 14.1. The molecular formula is C28H28N4O4. The van der Waals surface area contributed by atoms with Gasteiger partial charge in [-0.1, -0.05) is 43.5 Å². The van der Waals surface area contributed by atoms with Gasteiger partial charge in [-0.05, 0) is 49.7 Å². The van der Waals surface area contributed by atoms with Crippen LogP contribution in [0.25, 0.3) is 16.9 Å². The van der Waals surface area contributed by atoms with E-state index in [1.807, 2.05) is 61.7 Å². The summed E-state index contributed by atoms with van der Waals surface area (Å²) in [6.45, 7) is 11.4. The van der Waals surface area contributed by atoms with Gasteiger partial charge in [-0.2, -0.15) is 5.10 Å². The number of ether oxygens (including phenoxy) is 2. The molecule has 0 saturated heterocycles. The lowest BCUT2D eigenvalue weighted by Crippen LogP contribution is -2.44. The fraction of sp³-hybridized carbons (Fsp3) is 0.214. The summed E-state index contributed by atoms with van der Waals surface area (Å²) in [6.07, 6.45) is 5.02. The quantitative estimate of drug-likeness (QED) is 0.341. The number of rotatable bonds is 9. The lowest BCUT2D eigenvalue weighted by atomic mass is 9.87. The number of aliphatic imine (C=N–C) groups is 1. The van der Waals surface area contributed by atoms with Crippen molar-refractivity contribution < 1.29 is 19.1 Å². The first-order chi connectivity index (χ1) is 17.4. The molecule has 0 aliphatic carbocycles. The number of para-hydroxylation sites is 1. The molecule has 8 heteroatoms. The zero-order chi connectivity index (χ0) is 25.7. The molecular weight excluding hydrogens is 456 g/mol. The second-order valence-corrected chi connectivity index (χ2v) is 8.37. The van der Waals surface area contributed by atoms with E-state index < -0.39 is 24.0 Å². The number of hydrogen-bond donors (Lipinski definition) is 1. The Morgan fingerprint density at radius 1 is 1.11 bits per heavy atom. The van der Waals surface area contributed by atoms with Crippen LogP contribution in [0.15, 0.2) is 85.0 Å². The van der Waals surface area contributed by atoms with E-state index in [0.29, 0.717) is 23.6 Å². The van der Waals surface area contributed by atoms with Crippen molar-refractivity contribution in [1.82, 2.24) is 15.1 Å². The van der Waals surface area contributed by atoms with Crippen molar-refractivity contribution in [2.24, 2.45) is 10.9 Å². The van der Waals surface area contributed by atoms with Gasteiger partial charge in [0.05, 0.1) is 17.4 Å². The topological polar surface area (TPSA) is 94.8 Å². The van der Waals surface area contributed by atoms with E-state index >= 15 is 0 Å². The highest BCUT2D eigenvalue weighted by atomic mass is 16.5. The number of urea groups is 1. The number of hydrogen-bond acceptors (Lipinski definition) is 5. The minimum absolute atomic E-state index is 0.0603. The molecule has 1 N–H and O–H groups in total. The zero-order valence-corrected chi connectivity index (χ0v) is 20.3. The third-order valence-corrected chi connectivity index (χ3v) is 5.84. The SMILES string of the molecule is C=CCOC(=O)C1C(C)=NC(=O)NC1c1cn(-c2ccccc2)nc1-c1ccc(OCC=C)c(C)c1. The van der Waals surface area contributed by atoms with Crippen molar-refractivity contribution >= 4 is 17.7 Å². The van der Waals surface area contributed by atoms with E-state index in [0.717, 1.165) is 22.6 Å². The minimum Gasteiger partial charge on any atom is -0.489 e. The number of aromatic nitrogens is 2. The van der Waals surface area contributed by atoms with E-state index in [1.54, 1.807) is 17.7 Å². The van der Waals surface area contributed by atoms with Crippen molar-refractivity contribution in [2.75, 3.05) is 13.2 Å². The molecule has 3 aromatic rings. The zero-order valence-electron chi connectivity index (χ0n) is 20.3. The Morgan fingerprint density at radius 2 is 1.86 bits per heavy atom. The van der Waals surface area contributed by atoms with Gasteiger partial charge in [0.15, 0.2) is 0 Å². The number of nitrogens with one attached hydrogen (secondary N) is 1. The number of carbonyl (C=O) groups excluding carboxylic acids is 2. The van der Waals surface area contributed by atoms with Crippen LogP contribution in [0.5, 0.6) is 5.75 Å². The van der Waals surface area contributed by atoms with E-state index in [1.165, 1.54) is 6.08 Å². The van der Waals surface area contributed by atoms with Gasteiger partial charge in [-0.3, -0.25) is 4.79 Å². The smallest absolute Gasteiger partial charge is 0.341 e. The van der Waals surface area contributed by atoms with Crippen molar-refractivity contribution in [3.05, 3.63) is 91.2 Å². The molecule has 2 unspecified atom stereocenters. The summed E-state index contributed by atoms with van der Waals surface area (Å²) in [4.78, 5) is 29.5. The molecule has 8 nitrogen and oxygen atoms in total. The van der Waals surface area contributed by atoms with Crippen LogP contribution in [0.2, 0.25) is 0 Å². The van der Waals surface area contributed by atoms with E-state index in [2.05, 4.69) is 23.5 Å². The molecule has 1 aliphatic heterocycles. The Bertz CT molecular complexity index is 1330. The summed E-state index contributed by atoms with van der Waals surface area (Å²) in [7, 11) is 0. The molecule has 0 radical (unpaired) electrons. The number of nitrogens with zero attached hydrogens (tertiary/aromatic N) is 3. The number of amides is 2. The third-order valence-electron chi connectivity index (χ3n) is 5.84. The van der Waals surface area contributed by atoms with Gasteiger partial charge in [0.1, 0.15) is 24.9 Å². The summed E-state index contributed by atoms with van der Waals surface area (Å²) in [5.41, 5.74) is 4.24. The molecule has 0 saturated carbocycles. The first-order valence-electron chi connectivity index (χ1n) is 11.6. The van der Waals surface area contributed by atoms with Gasteiger partial charge in [-0.25, -0.2) is 14.5 Å². The van der Waals surface area contributed by atoms with Crippen LogP contribution in [0.3, 0.4) is 0 Å². The van der Waals surface area contributed by atoms with E-state index in [4.69, 9.17) is 14.6 Å². The second-order valence-electron chi connectivity index (χ2n) is 8.37. The average Bonchev–Trinajstić information content (AvgIpc) is 3.32. The maximum absolute atomic E-state index is 13.0. The van der Waals surface area contributed by atoms with Gasteiger partial charge >= 0.3 is 12.0 Å². The first-order valence-corrected chi connectivity index (χ1v) is 11.6. The molecule has 0 spiro atoms. The average molecular weight is 485 g/mol. The highest BCUT2D eigenvalue weighted by Crippen LogP contribution is 2.36. The molecule has 0 fully saturated rings. The Morgan fingerprint density at radius 3 is 2.56 bits per heavy atom. The van der Waals surface area contributed by atoms with E-state index in [-0.39, 0.29) is 6.61 Å². The molecule has 184 valence electrons.